The molecule has 0 aromatic carbocycles. The van der Waals surface area contributed by atoms with E-state index in [1.807, 2.05) is 16.7 Å². The van der Waals surface area contributed by atoms with E-state index in [1.54, 1.807) is 0 Å². The number of anilines is 2. The molecule has 0 amide bonds. The highest BCUT2D eigenvalue weighted by atomic mass is 32.2. The van der Waals surface area contributed by atoms with Crippen molar-refractivity contribution in [1.82, 2.24) is 5.16 Å². The maximum atomic E-state index is 11.6. The Balaban J connectivity index is 2.41. The van der Waals surface area contributed by atoms with Crippen molar-refractivity contribution in [3.05, 3.63) is 0 Å². The van der Waals surface area contributed by atoms with Crippen molar-refractivity contribution in [3.8, 4) is 0 Å². The molecular formula is C8H13N3O3S2. The number of thioether (sulfide) groups is 1. The molecule has 0 radical (unpaired) electrons. The highest BCUT2D eigenvalue weighted by molar-refractivity contribution is 7.99. The van der Waals surface area contributed by atoms with Crippen LogP contribution in [0.25, 0.3) is 0 Å². The fourth-order valence-electron chi connectivity index (χ4n) is 1.61. The van der Waals surface area contributed by atoms with Crippen molar-refractivity contribution in [3.63, 3.8) is 0 Å². The van der Waals surface area contributed by atoms with E-state index in [4.69, 9.17) is 10.3 Å². The van der Waals surface area contributed by atoms with Crippen LogP contribution in [-0.4, -0.2) is 44.4 Å². The van der Waals surface area contributed by atoms with Crippen molar-refractivity contribution >= 4 is 33.3 Å². The van der Waals surface area contributed by atoms with Crippen LogP contribution in [0, 0.1) is 0 Å². The zero-order chi connectivity index (χ0) is 11.8. The van der Waals surface area contributed by atoms with Gasteiger partial charge in [-0.15, -0.1) is 0 Å². The molecule has 0 bridgehead atoms. The third-order valence-corrected chi connectivity index (χ3v) is 4.41. The van der Waals surface area contributed by atoms with Crippen LogP contribution < -0.4 is 10.6 Å². The lowest BCUT2D eigenvalue weighted by Crippen LogP contribution is -2.33. The van der Waals surface area contributed by atoms with Crippen LogP contribution in [0.1, 0.15) is 0 Å². The summed E-state index contributed by atoms with van der Waals surface area (Å²) in [4.78, 5) is 1.91. The summed E-state index contributed by atoms with van der Waals surface area (Å²) in [6.07, 6.45) is 1.11. The Kier molecular flexibility index (Phi) is 3.02. The summed E-state index contributed by atoms with van der Waals surface area (Å²) in [6, 6.07) is 0. The lowest BCUT2D eigenvalue weighted by Gasteiger charge is -2.26. The average molecular weight is 263 g/mol. The summed E-state index contributed by atoms with van der Waals surface area (Å²) in [5.74, 6) is 2.13. The van der Waals surface area contributed by atoms with E-state index in [9.17, 15) is 8.42 Å². The van der Waals surface area contributed by atoms with Crippen LogP contribution >= 0.6 is 11.8 Å². The van der Waals surface area contributed by atoms with Crippen LogP contribution in [0.5, 0.6) is 0 Å². The van der Waals surface area contributed by atoms with E-state index < -0.39 is 9.84 Å². The van der Waals surface area contributed by atoms with Gasteiger partial charge in [0.05, 0.1) is 0 Å². The molecule has 0 spiro atoms. The fraction of sp³-hybridized carbons (Fsp3) is 0.625. The molecule has 1 saturated heterocycles. The standard InChI is InChI=1S/C8H13N3O3S2/c1-16(12,13)6-7(9)14-10-8(6)11-2-4-15-5-3-11/h2-5,9H2,1H3. The minimum Gasteiger partial charge on any atom is -0.366 e. The topological polar surface area (TPSA) is 89.4 Å². The molecule has 1 aromatic rings. The normalized spacial score (nSPS) is 17.7. The lowest BCUT2D eigenvalue weighted by atomic mass is 10.4. The van der Waals surface area contributed by atoms with Crippen molar-refractivity contribution in [1.29, 1.82) is 0 Å². The van der Waals surface area contributed by atoms with Gasteiger partial charge in [-0.3, -0.25) is 0 Å². The van der Waals surface area contributed by atoms with Crippen LogP contribution in [0.4, 0.5) is 11.7 Å². The smallest absolute Gasteiger partial charge is 0.243 e. The predicted octanol–water partition coefficient (Wildman–Crippen LogP) is 0.214. The van der Waals surface area contributed by atoms with Crippen LogP contribution in [0.3, 0.4) is 0 Å². The maximum absolute atomic E-state index is 11.6. The minimum atomic E-state index is -3.40. The molecule has 2 rings (SSSR count). The predicted molar refractivity (Wildman–Crippen MR) is 63.6 cm³/mol. The van der Waals surface area contributed by atoms with Gasteiger partial charge in [0.25, 0.3) is 0 Å². The van der Waals surface area contributed by atoms with Gasteiger partial charge >= 0.3 is 0 Å². The first kappa shape index (κ1) is 11.6. The van der Waals surface area contributed by atoms with Gasteiger partial charge in [-0.05, 0) is 0 Å². The van der Waals surface area contributed by atoms with Crippen LogP contribution in [-0.2, 0) is 9.84 Å². The number of nitrogens with two attached hydrogens (primary N) is 1. The van der Waals surface area contributed by atoms with E-state index in [0.29, 0.717) is 5.82 Å². The molecule has 1 aliphatic heterocycles. The van der Waals surface area contributed by atoms with Gasteiger partial charge in [0.2, 0.25) is 5.88 Å². The third kappa shape index (κ3) is 2.12. The summed E-state index contributed by atoms with van der Waals surface area (Å²) in [7, 11) is -3.40. The van der Waals surface area contributed by atoms with Crippen molar-refractivity contribution in [2.24, 2.45) is 0 Å². The minimum absolute atomic E-state index is 0.0133. The van der Waals surface area contributed by atoms with Gasteiger partial charge in [-0.2, -0.15) is 11.8 Å². The second-order valence-electron chi connectivity index (χ2n) is 3.57. The molecular weight excluding hydrogens is 250 g/mol. The van der Waals surface area contributed by atoms with Gasteiger partial charge in [-0.25, -0.2) is 8.42 Å². The van der Waals surface area contributed by atoms with Gasteiger partial charge in [-0.1, -0.05) is 5.16 Å². The van der Waals surface area contributed by atoms with E-state index >= 15 is 0 Å². The molecule has 6 nitrogen and oxygen atoms in total. The quantitative estimate of drug-likeness (QED) is 0.816. The summed E-state index contributed by atoms with van der Waals surface area (Å²) < 4.78 is 27.9. The third-order valence-electron chi connectivity index (χ3n) is 2.34. The van der Waals surface area contributed by atoms with Crippen molar-refractivity contribution < 1.29 is 12.9 Å². The first-order valence-electron chi connectivity index (χ1n) is 4.78. The largest absolute Gasteiger partial charge is 0.366 e. The van der Waals surface area contributed by atoms with E-state index in [2.05, 4.69) is 5.16 Å². The van der Waals surface area contributed by atoms with Crippen LogP contribution in [0.15, 0.2) is 9.42 Å². The highest BCUT2D eigenvalue weighted by Crippen LogP contribution is 2.30. The van der Waals surface area contributed by atoms with Gasteiger partial charge in [0.15, 0.2) is 20.6 Å². The van der Waals surface area contributed by atoms with E-state index in [0.717, 1.165) is 30.9 Å². The maximum Gasteiger partial charge on any atom is 0.243 e. The molecule has 0 atom stereocenters. The molecule has 0 aliphatic carbocycles. The molecule has 1 aliphatic rings. The monoisotopic (exact) mass is 263 g/mol. The number of nitrogen functional groups attached to an aromatic ring is 1. The number of hydrogen-bond acceptors (Lipinski definition) is 7. The molecule has 90 valence electrons. The number of hydrogen-bond donors (Lipinski definition) is 1. The molecule has 16 heavy (non-hydrogen) atoms. The zero-order valence-corrected chi connectivity index (χ0v) is 10.5. The summed E-state index contributed by atoms with van der Waals surface area (Å²) in [6.45, 7) is 1.53. The number of nitrogens with zero attached hydrogens (tertiary/aromatic N) is 2. The lowest BCUT2D eigenvalue weighted by molar-refractivity contribution is 0.434. The van der Waals surface area contributed by atoms with Crippen molar-refractivity contribution in [2.75, 3.05) is 41.5 Å². The molecule has 0 unspecified atom stereocenters. The fourth-order valence-corrected chi connectivity index (χ4v) is 3.41. The first-order chi connectivity index (χ1) is 7.50. The van der Waals surface area contributed by atoms with E-state index in [1.165, 1.54) is 0 Å². The average Bonchev–Trinajstić information content (AvgIpc) is 2.61. The van der Waals surface area contributed by atoms with E-state index in [-0.39, 0.29) is 10.8 Å². The number of sulfone groups is 1. The first-order valence-corrected chi connectivity index (χ1v) is 7.82. The Hall–Kier alpha value is -0.890. The van der Waals surface area contributed by atoms with Gasteiger partial charge in [0, 0.05) is 30.9 Å². The molecule has 1 fully saturated rings. The summed E-state index contributed by atoms with van der Waals surface area (Å²) in [5, 5.41) is 3.74. The zero-order valence-electron chi connectivity index (χ0n) is 8.84. The molecule has 8 heteroatoms. The molecule has 2 heterocycles. The molecule has 0 saturated carbocycles. The SMILES string of the molecule is CS(=O)(=O)c1c(N2CCSCC2)noc1N. The summed E-state index contributed by atoms with van der Waals surface area (Å²) in [5.41, 5.74) is 5.49. The Bertz CT molecular complexity index is 477. The Morgan fingerprint density at radius 1 is 1.44 bits per heavy atom. The molecule has 1 aromatic heterocycles. The number of rotatable bonds is 2. The summed E-state index contributed by atoms with van der Waals surface area (Å²) >= 11 is 1.83. The number of aromatic nitrogens is 1. The molecule has 2 N–H and O–H groups in total. The Labute approximate surface area is 98.1 Å². The van der Waals surface area contributed by atoms with Gasteiger partial charge in [0.1, 0.15) is 0 Å². The Morgan fingerprint density at radius 3 is 2.62 bits per heavy atom. The second-order valence-corrected chi connectivity index (χ2v) is 6.75. The second kappa shape index (κ2) is 4.17. The van der Waals surface area contributed by atoms with Gasteiger partial charge < -0.3 is 15.2 Å². The van der Waals surface area contributed by atoms with Crippen molar-refractivity contribution in [2.45, 2.75) is 4.90 Å². The Morgan fingerprint density at radius 2 is 2.06 bits per heavy atom. The van der Waals surface area contributed by atoms with Crippen LogP contribution in [0.2, 0.25) is 0 Å². The highest BCUT2D eigenvalue weighted by Gasteiger charge is 2.27.